The fourth-order valence-electron chi connectivity index (χ4n) is 2.34. The van der Waals surface area contributed by atoms with Crippen LogP contribution in [0.3, 0.4) is 0 Å². The van der Waals surface area contributed by atoms with E-state index in [0.29, 0.717) is 18.2 Å². The fraction of sp³-hybridized carbons (Fsp3) is 0.353. The van der Waals surface area contributed by atoms with E-state index in [2.05, 4.69) is 48.4 Å². The first-order valence-electron chi connectivity index (χ1n) is 7.01. The Balaban J connectivity index is 2.12. The van der Waals surface area contributed by atoms with Crippen LogP contribution < -0.4 is 5.32 Å². The molecule has 2 N–H and O–H groups in total. The third-order valence-electron chi connectivity index (χ3n) is 3.40. The molecule has 1 aromatic heterocycles. The third-order valence-corrected chi connectivity index (χ3v) is 3.40. The van der Waals surface area contributed by atoms with Gasteiger partial charge in [0.1, 0.15) is 5.75 Å². The lowest BCUT2D eigenvalue weighted by Crippen LogP contribution is -2.25. The smallest absolute Gasteiger partial charge is 0.138 e. The summed E-state index contributed by atoms with van der Waals surface area (Å²) in [6, 6.07) is 14.1. The number of hydrogen-bond acceptors (Lipinski definition) is 3. The van der Waals surface area contributed by atoms with Crippen LogP contribution in [-0.4, -0.2) is 10.1 Å². The molecular formula is C17H22N2O. The first kappa shape index (κ1) is 14.5. The maximum absolute atomic E-state index is 9.85. The Hall–Kier alpha value is -1.87. The topological polar surface area (TPSA) is 45.1 Å². The first-order valence-corrected chi connectivity index (χ1v) is 7.01. The van der Waals surface area contributed by atoms with Crippen molar-refractivity contribution >= 4 is 0 Å². The van der Waals surface area contributed by atoms with Gasteiger partial charge in [0.05, 0.1) is 5.69 Å². The normalized spacial score (nSPS) is 12.6. The van der Waals surface area contributed by atoms with E-state index >= 15 is 0 Å². The van der Waals surface area contributed by atoms with Crippen LogP contribution in [0.1, 0.15) is 36.8 Å². The predicted molar refractivity (Wildman–Crippen MR) is 81.5 cm³/mol. The van der Waals surface area contributed by atoms with Crippen molar-refractivity contribution in [3.63, 3.8) is 0 Å². The van der Waals surface area contributed by atoms with Crippen LogP contribution in [0.25, 0.3) is 0 Å². The number of nitrogens with zero attached hydrogens (tertiary/aromatic N) is 1. The van der Waals surface area contributed by atoms with Gasteiger partial charge in [0.15, 0.2) is 0 Å². The fourth-order valence-corrected chi connectivity index (χ4v) is 2.34. The van der Waals surface area contributed by atoms with Crippen LogP contribution in [0.2, 0.25) is 0 Å². The molecule has 20 heavy (non-hydrogen) atoms. The van der Waals surface area contributed by atoms with Gasteiger partial charge in [-0.15, -0.1) is 0 Å². The van der Waals surface area contributed by atoms with Crippen LogP contribution in [-0.2, 0) is 6.54 Å². The molecule has 0 fully saturated rings. The summed E-state index contributed by atoms with van der Waals surface area (Å²) >= 11 is 0. The molecule has 1 aromatic carbocycles. The van der Waals surface area contributed by atoms with Gasteiger partial charge >= 0.3 is 0 Å². The lowest BCUT2D eigenvalue weighted by molar-refractivity contribution is 0.398. The average molecular weight is 270 g/mol. The number of aryl methyl sites for hydroxylation is 1. The molecular weight excluding hydrogens is 248 g/mol. The summed E-state index contributed by atoms with van der Waals surface area (Å²) in [5.74, 6) is 0.711. The number of aromatic nitrogens is 1. The van der Waals surface area contributed by atoms with Crippen molar-refractivity contribution in [2.75, 3.05) is 0 Å². The highest BCUT2D eigenvalue weighted by molar-refractivity contribution is 5.28. The zero-order chi connectivity index (χ0) is 14.5. The highest BCUT2D eigenvalue weighted by Gasteiger charge is 2.15. The number of aromatic hydroxyl groups is 1. The Labute approximate surface area is 120 Å². The van der Waals surface area contributed by atoms with E-state index in [1.165, 1.54) is 5.56 Å². The molecule has 0 bridgehead atoms. The van der Waals surface area contributed by atoms with Crippen molar-refractivity contribution in [2.24, 2.45) is 5.92 Å². The van der Waals surface area contributed by atoms with Gasteiger partial charge in [-0.3, -0.25) is 4.98 Å². The number of hydrogen-bond donors (Lipinski definition) is 2. The summed E-state index contributed by atoms with van der Waals surface area (Å²) < 4.78 is 0. The molecule has 1 heterocycles. The van der Waals surface area contributed by atoms with Crippen LogP contribution >= 0.6 is 0 Å². The Morgan fingerprint density at radius 1 is 1.10 bits per heavy atom. The molecule has 0 amide bonds. The van der Waals surface area contributed by atoms with Gasteiger partial charge in [-0.2, -0.15) is 0 Å². The van der Waals surface area contributed by atoms with Gasteiger partial charge < -0.3 is 10.4 Å². The lowest BCUT2D eigenvalue weighted by Gasteiger charge is -2.23. The molecule has 0 aliphatic carbocycles. The van der Waals surface area contributed by atoms with E-state index in [0.717, 1.165) is 5.69 Å². The Bertz CT molecular complexity index is 552. The third kappa shape index (κ3) is 3.58. The molecule has 2 aromatic rings. The summed E-state index contributed by atoms with van der Waals surface area (Å²) in [4.78, 5) is 4.39. The molecule has 0 saturated heterocycles. The van der Waals surface area contributed by atoms with Crippen molar-refractivity contribution in [1.82, 2.24) is 10.3 Å². The number of benzene rings is 1. The van der Waals surface area contributed by atoms with Crippen molar-refractivity contribution in [1.29, 1.82) is 0 Å². The highest BCUT2D eigenvalue weighted by atomic mass is 16.3. The zero-order valence-electron chi connectivity index (χ0n) is 12.3. The molecule has 0 saturated carbocycles. The van der Waals surface area contributed by atoms with Gasteiger partial charge in [-0.25, -0.2) is 0 Å². The summed E-state index contributed by atoms with van der Waals surface area (Å²) in [6.45, 7) is 6.87. The quantitative estimate of drug-likeness (QED) is 0.873. The molecule has 3 heteroatoms. The van der Waals surface area contributed by atoms with Gasteiger partial charge in [0.25, 0.3) is 0 Å². The Kier molecular flexibility index (Phi) is 4.74. The maximum atomic E-state index is 9.85. The van der Waals surface area contributed by atoms with Crippen LogP contribution in [0.5, 0.6) is 5.75 Å². The Morgan fingerprint density at radius 3 is 2.45 bits per heavy atom. The molecule has 0 spiro atoms. The minimum atomic E-state index is 0.248. The minimum absolute atomic E-state index is 0.248. The molecule has 0 aliphatic rings. The van der Waals surface area contributed by atoms with E-state index in [4.69, 9.17) is 0 Å². The summed E-state index contributed by atoms with van der Waals surface area (Å²) in [5.41, 5.74) is 2.88. The standard InChI is InChI=1S/C17H22N2O/c1-12(2)17(14-7-5-4-6-8-14)18-11-15-16(20)10-9-13(3)19-15/h4-10,12,17-18,20H,11H2,1-3H3. The second-order valence-corrected chi connectivity index (χ2v) is 5.43. The van der Waals surface area contributed by atoms with E-state index in [9.17, 15) is 5.11 Å². The van der Waals surface area contributed by atoms with E-state index in [-0.39, 0.29) is 11.8 Å². The highest BCUT2D eigenvalue weighted by Crippen LogP contribution is 2.23. The zero-order valence-corrected chi connectivity index (χ0v) is 12.3. The van der Waals surface area contributed by atoms with Crippen molar-refractivity contribution in [2.45, 2.75) is 33.4 Å². The predicted octanol–water partition coefficient (Wildman–Crippen LogP) is 3.58. The molecule has 1 atom stereocenters. The van der Waals surface area contributed by atoms with Crippen molar-refractivity contribution < 1.29 is 5.11 Å². The molecule has 106 valence electrons. The van der Waals surface area contributed by atoms with Gasteiger partial charge in [-0.05, 0) is 30.5 Å². The molecule has 0 radical (unpaired) electrons. The van der Waals surface area contributed by atoms with Crippen molar-refractivity contribution in [3.05, 3.63) is 59.4 Å². The lowest BCUT2D eigenvalue weighted by atomic mass is 9.96. The Morgan fingerprint density at radius 2 is 1.80 bits per heavy atom. The summed E-state index contributed by atoms with van der Waals surface area (Å²) in [6.07, 6.45) is 0. The molecule has 3 nitrogen and oxygen atoms in total. The molecule has 0 aliphatic heterocycles. The van der Waals surface area contributed by atoms with Gasteiger partial charge in [0.2, 0.25) is 0 Å². The molecule has 1 unspecified atom stereocenters. The largest absolute Gasteiger partial charge is 0.506 e. The maximum Gasteiger partial charge on any atom is 0.138 e. The average Bonchev–Trinajstić information content (AvgIpc) is 2.43. The van der Waals surface area contributed by atoms with Crippen LogP contribution in [0.4, 0.5) is 0 Å². The second kappa shape index (κ2) is 6.53. The van der Waals surface area contributed by atoms with Crippen LogP contribution in [0.15, 0.2) is 42.5 Å². The monoisotopic (exact) mass is 270 g/mol. The molecule has 2 rings (SSSR count). The van der Waals surface area contributed by atoms with Gasteiger partial charge in [0, 0.05) is 18.3 Å². The summed E-state index contributed by atoms with van der Waals surface area (Å²) in [5, 5.41) is 13.4. The van der Waals surface area contributed by atoms with Gasteiger partial charge in [-0.1, -0.05) is 44.2 Å². The van der Waals surface area contributed by atoms with E-state index < -0.39 is 0 Å². The van der Waals surface area contributed by atoms with Crippen LogP contribution in [0, 0.1) is 12.8 Å². The van der Waals surface area contributed by atoms with E-state index in [1.54, 1.807) is 6.07 Å². The first-order chi connectivity index (χ1) is 9.58. The van der Waals surface area contributed by atoms with E-state index in [1.807, 2.05) is 19.1 Å². The number of pyridine rings is 1. The van der Waals surface area contributed by atoms with Crippen molar-refractivity contribution in [3.8, 4) is 5.75 Å². The minimum Gasteiger partial charge on any atom is -0.506 e. The second-order valence-electron chi connectivity index (χ2n) is 5.43. The summed E-state index contributed by atoms with van der Waals surface area (Å²) in [7, 11) is 0. The number of rotatable bonds is 5. The SMILES string of the molecule is Cc1ccc(O)c(CNC(c2ccccc2)C(C)C)n1. The number of nitrogens with one attached hydrogen (secondary N) is 1.